The van der Waals surface area contributed by atoms with E-state index in [-0.39, 0.29) is 5.91 Å². The van der Waals surface area contributed by atoms with Gasteiger partial charge >= 0.3 is 0 Å². The van der Waals surface area contributed by atoms with Crippen molar-refractivity contribution in [3.63, 3.8) is 0 Å². The lowest BCUT2D eigenvalue weighted by Gasteiger charge is -1.94. The predicted octanol–water partition coefficient (Wildman–Crippen LogP) is 2.31. The average Bonchev–Trinajstić information content (AvgIpc) is 2.75. The second-order valence-electron chi connectivity index (χ2n) is 3.71. The van der Waals surface area contributed by atoms with E-state index in [0.29, 0.717) is 13.0 Å². The van der Waals surface area contributed by atoms with Gasteiger partial charge < -0.3 is 9.73 Å². The van der Waals surface area contributed by atoms with Crippen LogP contribution in [0.4, 0.5) is 0 Å². The van der Waals surface area contributed by atoms with Crippen LogP contribution in [0, 0.1) is 11.8 Å². The van der Waals surface area contributed by atoms with Crippen molar-refractivity contribution in [3.05, 3.63) is 36.1 Å². The smallest absolute Gasteiger partial charge is 0.216 e. The van der Waals surface area contributed by atoms with Crippen LogP contribution in [0.3, 0.4) is 0 Å². The number of furan rings is 1. The molecule has 0 fully saturated rings. The van der Waals surface area contributed by atoms with Gasteiger partial charge in [-0.15, -0.1) is 0 Å². The number of benzene rings is 1. The molecule has 86 valence electrons. The number of hydrogen-bond acceptors (Lipinski definition) is 2. The predicted molar refractivity (Wildman–Crippen MR) is 66.4 cm³/mol. The van der Waals surface area contributed by atoms with E-state index in [2.05, 4.69) is 17.2 Å². The molecule has 0 aliphatic rings. The molecule has 1 aromatic carbocycles. The molecule has 0 radical (unpaired) electrons. The Morgan fingerprint density at radius 1 is 1.41 bits per heavy atom. The summed E-state index contributed by atoms with van der Waals surface area (Å²) in [5.41, 5.74) is 1.83. The van der Waals surface area contributed by atoms with Gasteiger partial charge in [-0.1, -0.05) is 11.8 Å². The molecule has 1 aromatic heterocycles. The zero-order valence-corrected chi connectivity index (χ0v) is 9.62. The highest BCUT2D eigenvalue weighted by Crippen LogP contribution is 2.16. The lowest BCUT2D eigenvalue weighted by Crippen LogP contribution is -2.20. The lowest BCUT2D eigenvalue weighted by atomic mass is 10.1. The van der Waals surface area contributed by atoms with E-state index in [1.54, 1.807) is 6.26 Å². The van der Waals surface area contributed by atoms with Crippen molar-refractivity contribution in [3.8, 4) is 11.8 Å². The van der Waals surface area contributed by atoms with Crippen molar-refractivity contribution in [2.75, 3.05) is 6.54 Å². The first-order chi connectivity index (χ1) is 8.25. The summed E-state index contributed by atoms with van der Waals surface area (Å²) in [7, 11) is 0. The first-order valence-corrected chi connectivity index (χ1v) is 5.46. The lowest BCUT2D eigenvalue weighted by molar-refractivity contribution is -0.118. The molecule has 1 heterocycles. The largest absolute Gasteiger partial charge is 0.464 e. The third-order valence-electron chi connectivity index (χ3n) is 2.31. The van der Waals surface area contributed by atoms with Crippen LogP contribution in [0.15, 0.2) is 34.9 Å². The molecular weight excluding hydrogens is 214 g/mol. The summed E-state index contributed by atoms with van der Waals surface area (Å²) in [6.07, 6.45) is 2.32. The number of nitrogens with one attached hydrogen (secondary N) is 1. The highest BCUT2D eigenvalue weighted by molar-refractivity contribution is 5.78. The molecule has 2 rings (SSSR count). The second kappa shape index (κ2) is 5.22. The maximum absolute atomic E-state index is 10.6. The van der Waals surface area contributed by atoms with Gasteiger partial charge in [0.15, 0.2) is 0 Å². The minimum Gasteiger partial charge on any atom is -0.464 e. The summed E-state index contributed by atoms with van der Waals surface area (Å²) in [6.45, 7) is 2.09. The number of fused-ring (bicyclic) bond motifs is 1. The van der Waals surface area contributed by atoms with Gasteiger partial charge in [-0.25, -0.2) is 0 Å². The molecule has 3 heteroatoms. The fourth-order valence-electron chi connectivity index (χ4n) is 1.51. The van der Waals surface area contributed by atoms with Crippen LogP contribution in [0.25, 0.3) is 11.0 Å². The summed E-state index contributed by atoms with van der Waals surface area (Å²) in [5, 5.41) is 3.76. The fourth-order valence-corrected chi connectivity index (χ4v) is 1.51. The first kappa shape index (κ1) is 11.3. The maximum atomic E-state index is 10.6. The van der Waals surface area contributed by atoms with E-state index in [1.165, 1.54) is 6.92 Å². The number of hydrogen-bond donors (Lipinski definition) is 1. The normalized spacial score (nSPS) is 9.71. The van der Waals surface area contributed by atoms with E-state index in [1.807, 2.05) is 24.3 Å². The monoisotopic (exact) mass is 227 g/mol. The van der Waals surface area contributed by atoms with Crippen molar-refractivity contribution < 1.29 is 9.21 Å². The van der Waals surface area contributed by atoms with Crippen LogP contribution in [0.1, 0.15) is 18.9 Å². The van der Waals surface area contributed by atoms with Crippen LogP contribution in [0.5, 0.6) is 0 Å². The Hall–Kier alpha value is -2.21. The molecule has 0 bridgehead atoms. The van der Waals surface area contributed by atoms with Gasteiger partial charge in [-0.05, 0) is 24.3 Å². The third-order valence-corrected chi connectivity index (χ3v) is 2.31. The summed E-state index contributed by atoms with van der Waals surface area (Å²) < 4.78 is 5.25. The van der Waals surface area contributed by atoms with Crippen LogP contribution in [0.2, 0.25) is 0 Å². The fraction of sp³-hybridized carbons (Fsp3) is 0.214. The summed E-state index contributed by atoms with van der Waals surface area (Å²) in [5.74, 6) is 6.05. The Kier molecular flexibility index (Phi) is 3.46. The van der Waals surface area contributed by atoms with Crippen molar-refractivity contribution in [1.29, 1.82) is 0 Å². The highest BCUT2D eigenvalue weighted by atomic mass is 16.3. The molecule has 0 aliphatic carbocycles. The van der Waals surface area contributed by atoms with Gasteiger partial charge in [0.05, 0.1) is 6.26 Å². The molecule has 0 spiro atoms. The average molecular weight is 227 g/mol. The molecular formula is C14H13NO2. The first-order valence-electron chi connectivity index (χ1n) is 5.46. The molecule has 1 N–H and O–H groups in total. The molecule has 2 aromatic rings. The maximum Gasteiger partial charge on any atom is 0.216 e. The Morgan fingerprint density at radius 2 is 2.29 bits per heavy atom. The minimum absolute atomic E-state index is 0.0217. The van der Waals surface area contributed by atoms with E-state index >= 15 is 0 Å². The number of rotatable bonds is 2. The summed E-state index contributed by atoms with van der Waals surface area (Å²) in [6, 6.07) is 7.74. The van der Waals surface area contributed by atoms with Crippen LogP contribution < -0.4 is 5.32 Å². The summed E-state index contributed by atoms with van der Waals surface area (Å²) >= 11 is 0. The number of carbonyl (C=O) groups is 1. The van der Waals surface area contributed by atoms with E-state index in [4.69, 9.17) is 4.42 Å². The summed E-state index contributed by atoms with van der Waals surface area (Å²) in [4.78, 5) is 10.6. The Labute approximate surface area is 99.8 Å². The second-order valence-corrected chi connectivity index (χ2v) is 3.71. The van der Waals surface area contributed by atoms with Gasteiger partial charge in [-0.3, -0.25) is 4.79 Å². The van der Waals surface area contributed by atoms with E-state index < -0.39 is 0 Å². The van der Waals surface area contributed by atoms with Gasteiger partial charge in [-0.2, -0.15) is 0 Å². The van der Waals surface area contributed by atoms with Crippen molar-refractivity contribution in [2.24, 2.45) is 0 Å². The standard InChI is InChI=1S/C14H13NO2/c1-11(16)15-8-3-2-4-12-5-6-14-13(10-12)7-9-17-14/h5-7,9-10H,3,8H2,1H3,(H,15,16). The van der Waals surface area contributed by atoms with Crippen LogP contribution in [-0.4, -0.2) is 12.5 Å². The molecule has 0 atom stereocenters. The van der Waals surface area contributed by atoms with Crippen molar-refractivity contribution >= 4 is 16.9 Å². The Morgan fingerprint density at radius 3 is 3.12 bits per heavy atom. The Balaban J connectivity index is 1.98. The zero-order chi connectivity index (χ0) is 12.1. The third kappa shape index (κ3) is 3.12. The van der Waals surface area contributed by atoms with Crippen molar-refractivity contribution in [1.82, 2.24) is 5.32 Å². The Bertz CT molecular complexity index is 587. The molecule has 1 amide bonds. The SMILES string of the molecule is CC(=O)NCCC#Cc1ccc2occc2c1. The topological polar surface area (TPSA) is 42.2 Å². The van der Waals surface area contributed by atoms with Gasteiger partial charge in [0, 0.05) is 30.8 Å². The zero-order valence-electron chi connectivity index (χ0n) is 9.62. The number of carbonyl (C=O) groups excluding carboxylic acids is 1. The molecule has 3 nitrogen and oxygen atoms in total. The van der Waals surface area contributed by atoms with Crippen LogP contribution in [-0.2, 0) is 4.79 Å². The van der Waals surface area contributed by atoms with E-state index in [9.17, 15) is 4.79 Å². The van der Waals surface area contributed by atoms with Gasteiger partial charge in [0.25, 0.3) is 0 Å². The quantitative estimate of drug-likeness (QED) is 0.632. The molecule has 0 saturated heterocycles. The minimum atomic E-state index is -0.0217. The molecule has 0 saturated carbocycles. The van der Waals surface area contributed by atoms with E-state index in [0.717, 1.165) is 16.5 Å². The van der Waals surface area contributed by atoms with Gasteiger partial charge in [0.1, 0.15) is 5.58 Å². The number of amides is 1. The molecule has 17 heavy (non-hydrogen) atoms. The molecule has 0 aliphatic heterocycles. The molecule has 0 unspecified atom stereocenters. The van der Waals surface area contributed by atoms with Crippen molar-refractivity contribution in [2.45, 2.75) is 13.3 Å². The van der Waals surface area contributed by atoms with Gasteiger partial charge in [0.2, 0.25) is 5.91 Å². The van der Waals surface area contributed by atoms with Crippen LogP contribution >= 0.6 is 0 Å². The highest BCUT2D eigenvalue weighted by Gasteiger charge is 1.95.